The van der Waals surface area contributed by atoms with E-state index in [4.69, 9.17) is 0 Å². The van der Waals surface area contributed by atoms with Gasteiger partial charge in [-0.05, 0) is 46.6 Å². The average Bonchev–Trinajstić information content (AvgIpc) is 2.74. The SMILES string of the molecule is CS(=O)(=O)NCCc1ccc(C(=O)NC(Cc2ccc(O)cc2)C(=O)NCC#CBr)cc1. The van der Waals surface area contributed by atoms with Crippen LogP contribution in [-0.4, -0.2) is 50.7 Å². The van der Waals surface area contributed by atoms with Crippen molar-refractivity contribution in [1.29, 1.82) is 0 Å². The molecule has 0 aliphatic heterocycles. The highest BCUT2D eigenvalue weighted by Gasteiger charge is 2.21. The van der Waals surface area contributed by atoms with Crippen LogP contribution in [0.3, 0.4) is 0 Å². The van der Waals surface area contributed by atoms with Gasteiger partial charge in [0.2, 0.25) is 15.9 Å². The van der Waals surface area contributed by atoms with Crippen LogP contribution in [0, 0.1) is 10.8 Å². The summed E-state index contributed by atoms with van der Waals surface area (Å²) in [6.07, 6.45) is 1.81. The fourth-order valence-electron chi connectivity index (χ4n) is 2.81. The number of sulfonamides is 1. The monoisotopic (exact) mass is 521 g/mol. The number of rotatable bonds is 10. The number of phenolic OH excluding ortho intramolecular Hbond substituents is 1. The first-order valence-electron chi connectivity index (χ1n) is 9.66. The first-order valence-corrected chi connectivity index (χ1v) is 12.3. The van der Waals surface area contributed by atoms with Crippen LogP contribution < -0.4 is 15.4 Å². The van der Waals surface area contributed by atoms with Crippen molar-refractivity contribution in [2.24, 2.45) is 0 Å². The average molecular weight is 522 g/mol. The first-order chi connectivity index (χ1) is 15.2. The van der Waals surface area contributed by atoms with E-state index in [0.717, 1.165) is 17.4 Å². The molecule has 0 saturated heterocycles. The Labute approximate surface area is 196 Å². The Balaban J connectivity index is 2.06. The zero-order valence-electron chi connectivity index (χ0n) is 17.4. The lowest BCUT2D eigenvalue weighted by Crippen LogP contribution is -2.48. The number of amides is 2. The summed E-state index contributed by atoms with van der Waals surface area (Å²) >= 11 is 2.96. The summed E-state index contributed by atoms with van der Waals surface area (Å²) in [5, 5.41) is 14.8. The Morgan fingerprint density at radius 2 is 1.69 bits per heavy atom. The van der Waals surface area contributed by atoms with Gasteiger partial charge in [0.1, 0.15) is 11.8 Å². The molecule has 2 amide bonds. The minimum atomic E-state index is -3.25. The van der Waals surface area contributed by atoms with Gasteiger partial charge in [-0.25, -0.2) is 13.1 Å². The normalized spacial score (nSPS) is 11.7. The lowest BCUT2D eigenvalue weighted by molar-refractivity contribution is -0.122. The Hall–Kier alpha value is -2.87. The van der Waals surface area contributed by atoms with E-state index in [1.54, 1.807) is 36.4 Å². The number of carbonyl (C=O) groups excluding carboxylic acids is 2. The molecule has 8 nitrogen and oxygen atoms in total. The van der Waals surface area contributed by atoms with Gasteiger partial charge in [0.15, 0.2) is 0 Å². The van der Waals surface area contributed by atoms with E-state index < -0.39 is 22.0 Å². The van der Waals surface area contributed by atoms with Crippen molar-refractivity contribution in [2.75, 3.05) is 19.3 Å². The molecule has 170 valence electrons. The van der Waals surface area contributed by atoms with Gasteiger partial charge in [0.25, 0.3) is 5.91 Å². The molecule has 0 saturated carbocycles. The molecule has 1 atom stereocenters. The fourth-order valence-corrected chi connectivity index (χ4v) is 3.42. The van der Waals surface area contributed by atoms with Crippen molar-refractivity contribution < 1.29 is 23.1 Å². The second-order valence-electron chi connectivity index (χ2n) is 7.00. The van der Waals surface area contributed by atoms with Crippen molar-refractivity contribution >= 4 is 37.8 Å². The van der Waals surface area contributed by atoms with Crippen LogP contribution in [-0.2, 0) is 27.7 Å². The molecule has 2 rings (SSSR count). The minimum absolute atomic E-state index is 0.109. The number of carbonyl (C=O) groups is 2. The Bertz CT molecular complexity index is 1090. The van der Waals surface area contributed by atoms with Crippen LogP contribution >= 0.6 is 15.9 Å². The van der Waals surface area contributed by atoms with Gasteiger partial charge in [0, 0.05) is 34.5 Å². The zero-order chi connectivity index (χ0) is 23.6. The van der Waals surface area contributed by atoms with E-state index in [9.17, 15) is 23.1 Å². The predicted octanol–water partition coefficient (Wildman–Crippen LogP) is 1.30. The Kier molecular flexibility index (Phi) is 9.71. The highest BCUT2D eigenvalue weighted by atomic mass is 79.9. The van der Waals surface area contributed by atoms with Crippen LogP contribution in [0.25, 0.3) is 0 Å². The van der Waals surface area contributed by atoms with E-state index in [1.165, 1.54) is 12.1 Å². The molecular weight excluding hydrogens is 498 g/mol. The van der Waals surface area contributed by atoms with Gasteiger partial charge in [0.05, 0.1) is 12.8 Å². The molecular formula is C22H24BrN3O5S. The molecule has 2 aromatic carbocycles. The molecule has 1 unspecified atom stereocenters. The van der Waals surface area contributed by atoms with Crippen molar-refractivity contribution in [3.8, 4) is 16.5 Å². The molecule has 0 fully saturated rings. The quantitative estimate of drug-likeness (QED) is 0.350. The van der Waals surface area contributed by atoms with Gasteiger partial charge in [-0.1, -0.05) is 30.2 Å². The molecule has 2 aromatic rings. The van der Waals surface area contributed by atoms with Crippen LogP contribution in [0.4, 0.5) is 0 Å². The maximum Gasteiger partial charge on any atom is 0.251 e. The summed E-state index contributed by atoms with van der Waals surface area (Å²) in [5.74, 6) is 1.97. The number of halogens is 1. The Morgan fingerprint density at radius 3 is 2.28 bits per heavy atom. The van der Waals surface area contributed by atoms with E-state index in [2.05, 4.69) is 42.0 Å². The summed E-state index contributed by atoms with van der Waals surface area (Å²) in [4.78, 5) is 27.8. The standard InChI is InChI=1S/C22H24BrN3O5S/c1-32(30,31)25-14-11-16-3-7-18(8-4-16)21(28)26-20(22(29)24-13-2-12-23)15-17-5-9-19(27)10-6-17/h3-10,20,25,27H,11,13-15H2,1H3,(H,24,29)(H,26,28). The summed E-state index contributed by atoms with van der Waals surface area (Å²) in [6.45, 7) is 0.388. The van der Waals surface area contributed by atoms with Crippen LogP contribution in [0.2, 0.25) is 0 Å². The molecule has 0 spiro atoms. The largest absolute Gasteiger partial charge is 0.508 e. The Morgan fingerprint density at radius 1 is 1.06 bits per heavy atom. The third kappa shape index (κ3) is 9.09. The smallest absolute Gasteiger partial charge is 0.251 e. The van der Waals surface area contributed by atoms with E-state index in [-0.39, 0.29) is 31.2 Å². The number of nitrogens with one attached hydrogen (secondary N) is 3. The molecule has 4 N–H and O–H groups in total. The number of aromatic hydroxyl groups is 1. The predicted molar refractivity (Wildman–Crippen MR) is 126 cm³/mol. The fraction of sp³-hybridized carbons (Fsp3) is 0.273. The third-order valence-corrected chi connectivity index (χ3v) is 5.42. The molecule has 10 heteroatoms. The number of phenols is 1. The van der Waals surface area contributed by atoms with Crippen molar-refractivity contribution in [3.63, 3.8) is 0 Å². The summed E-state index contributed by atoms with van der Waals surface area (Å²) in [6, 6.07) is 12.3. The van der Waals surface area contributed by atoms with Crippen LogP contribution in [0.15, 0.2) is 48.5 Å². The van der Waals surface area contributed by atoms with E-state index >= 15 is 0 Å². The van der Waals surface area contributed by atoms with E-state index in [1.807, 2.05) is 0 Å². The van der Waals surface area contributed by atoms with E-state index in [0.29, 0.717) is 12.0 Å². The second kappa shape index (κ2) is 12.2. The molecule has 0 bridgehead atoms. The zero-order valence-corrected chi connectivity index (χ0v) is 19.8. The molecule has 0 heterocycles. The van der Waals surface area contributed by atoms with Crippen LogP contribution in [0.5, 0.6) is 5.75 Å². The minimum Gasteiger partial charge on any atom is -0.508 e. The lowest BCUT2D eigenvalue weighted by atomic mass is 10.0. The topological polar surface area (TPSA) is 125 Å². The van der Waals surface area contributed by atoms with Crippen molar-refractivity contribution in [1.82, 2.24) is 15.4 Å². The lowest BCUT2D eigenvalue weighted by Gasteiger charge is -2.18. The molecule has 0 aromatic heterocycles. The summed E-state index contributed by atoms with van der Waals surface area (Å²) in [7, 11) is -3.25. The van der Waals surface area contributed by atoms with Gasteiger partial charge in [-0.15, -0.1) is 0 Å². The number of benzene rings is 2. The van der Waals surface area contributed by atoms with Gasteiger partial charge in [-0.2, -0.15) is 0 Å². The summed E-state index contributed by atoms with van der Waals surface area (Å²) < 4.78 is 24.7. The molecule has 0 aliphatic carbocycles. The van der Waals surface area contributed by atoms with Crippen LogP contribution in [0.1, 0.15) is 21.5 Å². The maximum atomic E-state index is 12.7. The highest BCUT2D eigenvalue weighted by molar-refractivity contribution is 9.12. The third-order valence-electron chi connectivity index (χ3n) is 4.41. The molecule has 0 aliphatic rings. The van der Waals surface area contributed by atoms with Gasteiger partial charge >= 0.3 is 0 Å². The molecule has 32 heavy (non-hydrogen) atoms. The molecule has 0 radical (unpaired) electrons. The highest BCUT2D eigenvalue weighted by Crippen LogP contribution is 2.12. The number of hydrogen-bond donors (Lipinski definition) is 4. The van der Waals surface area contributed by atoms with Gasteiger partial charge < -0.3 is 15.7 Å². The van der Waals surface area contributed by atoms with Crippen molar-refractivity contribution in [3.05, 3.63) is 65.2 Å². The number of hydrogen-bond acceptors (Lipinski definition) is 5. The maximum absolute atomic E-state index is 12.7. The van der Waals surface area contributed by atoms with Crippen molar-refractivity contribution in [2.45, 2.75) is 18.9 Å². The first kappa shape index (κ1) is 25.4. The summed E-state index contributed by atoms with van der Waals surface area (Å²) in [5.41, 5.74) is 2.00. The second-order valence-corrected chi connectivity index (χ2v) is 9.23. The van der Waals surface area contributed by atoms with Gasteiger partial charge in [-0.3, -0.25) is 9.59 Å².